The number of hydrogen-bond acceptors (Lipinski definition) is 1. The Morgan fingerprint density at radius 3 is 2.24 bits per heavy atom. The van der Waals surface area contributed by atoms with Gasteiger partial charge in [-0.25, -0.2) is 0 Å². The number of allylic oxidation sites excluding steroid dienone is 1. The molecule has 0 aromatic heterocycles. The van der Waals surface area contributed by atoms with Crippen LogP contribution in [0.1, 0.15) is 25.0 Å². The predicted molar refractivity (Wildman–Crippen MR) is 105 cm³/mol. The summed E-state index contributed by atoms with van der Waals surface area (Å²) >= 11 is 6.21. The molecular formula is C21H24Cl2N2. The zero-order chi connectivity index (χ0) is 17.5. The first-order valence-electron chi connectivity index (χ1n) is 8.17. The zero-order valence-electron chi connectivity index (χ0n) is 15.3. The second-order valence-electron chi connectivity index (χ2n) is 7.05. The summed E-state index contributed by atoms with van der Waals surface area (Å²) in [5.74, 6) is 0. The first-order valence-corrected chi connectivity index (χ1v) is 8.55. The van der Waals surface area contributed by atoms with Crippen LogP contribution in [0.4, 0.5) is 11.4 Å². The topological polar surface area (TPSA) is 6.25 Å². The van der Waals surface area contributed by atoms with Crippen molar-refractivity contribution in [2.45, 2.75) is 19.3 Å². The van der Waals surface area contributed by atoms with Gasteiger partial charge in [0, 0.05) is 42.5 Å². The highest BCUT2D eigenvalue weighted by Gasteiger charge is 2.42. The van der Waals surface area contributed by atoms with Gasteiger partial charge in [-0.1, -0.05) is 23.7 Å². The van der Waals surface area contributed by atoms with Gasteiger partial charge in [0.15, 0.2) is 5.71 Å². The van der Waals surface area contributed by atoms with E-state index in [1.165, 1.54) is 28.2 Å². The lowest BCUT2D eigenvalue weighted by molar-refractivity contribution is -0.401. The third kappa shape index (κ3) is 3.61. The van der Waals surface area contributed by atoms with Crippen LogP contribution in [0.25, 0.3) is 6.08 Å². The molecule has 2 nitrogen and oxygen atoms in total. The Kier molecular flexibility index (Phi) is 5.65. The van der Waals surface area contributed by atoms with Crippen LogP contribution in [0.5, 0.6) is 0 Å². The fraction of sp³-hybridized carbons (Fsp3) is 0.286. The number of nitrogens with zero attached hydrogens (tertiary/aromatic N) is 2. The lowest BCUT2D eigenvalue weighted by Gasteiger charge is -2.15. The van der Waals surface area contributed by atoms with Crippen LogP contribution in [0.2, 0.25) is 5.02 Å². The fourth-order valence-electron chi connectivity index (χ4n) is 3.37. The normalized spacial score (nSPS) is 15.3. The van der Waals surface area contributed by atoms with Gasteiger partial charge in [0.25, 0.3) is 0 Å². The lowest BCUT2D eigenvalue weighted by atomic mass is 9.81. The van der Waals surface area contributed by atoms with Crippen molar-refractivity contribution in [3.63, 3.8) is 0 Å². The van der Waals surface area contributed by atoms with E-state index in [-0.39, 0.29) is 17.8 Å². The van der Waals surface area contributed by atoms with Crippen molar-refractivity contribution in [2.75, 3.05) is 26.0 Å². The van der Waals surface area contributed by atoms with E-state index in [1.54, 1.807) is 0 Å². The molecule has 1 heterocycles. The van der Waals surface area contributed by atoms with Crippen molar-refractivity contribution in [3.05, 3.63) is 64.7 Å². The lowest BCUT2D eigenvalue weighted by Crippen LogP contribution is -3.00. The number of anilines is 1. The Morgan fingerprint density at radius 1 is 1.00 bits per heavy atom. The van der Waals surface area contributed by atoms with E-state index in [0.717, 1.165) is 5.02 Å². The van der Waals surface area contributed by atoms with Crippen LogP contribution in [0.15, 0.2) is 48.5 Å². The largest absolute Gasteiger partial charge is 1.00 e. The predicted octanol–water partition coefficient (Wildman–Crippen LogP) is 2.13. The molecule has 0 saturated heterocycles. The fourth-order valence-corrected chi connectivity index (χ4v) is 3.54. The smallest absolute Gasteiger partial charge is 0.209 e. The average Bonchev–Trinajstić information content (AvgIpc) is 2.72. The molecule has 0 saturated carbocycles. The maximum atomic E-state index is 6.21. The maximum absolute atomic E-state index is 6.21. The number of fused-ring (bicyclic) bond motifs is 1. The van der Waals surface area contributed by atoms with Gasteiger partial charge in [-0.15, -0.1) is 0 Å². The monoisotopic (exact) mass is 374 g/mol. The molecule has 132 valence electrons. The number of rotatable bonds is 3. The molecular weight excluding hydrogens is 351 g/mol. The van der Waals surface area contributed by atoms with Crippen molar-refractivity contribution in [1.82, 2.24) is 0 Å². The van der Waals surface area contributed by atoms with E-state index >= 15 is 0 Å². The quantitative estimate of drug-likeness (QED) is 0.745. The summed E-state index contributed by atoms with van der Waals surface area (Å²) in [6.45, 7) is 4.50. The Balaban J connectivity index is 0.00000225. The molecule has 2 aromatic rings. The minimum Gasteiger partial charge on any atom is -1.00 e. The van der Waals surface area contributed by atoms with Gasteiger partial charge in [0.2, 0.25) is 5.69 Å². The van der Waals surface area contributed by atoms with Crippen LogP contribution >= 0.6 is 11.6 Å². The number of hydrogen-bond donors (Lipinski definition) is 0. The molecule has 2 aromatic carbocycles. The van der Waals surface area contributed by atoms with E-state index in [0.29, 0.717) is 0 Å². The highest BCUT2D eigenvalue weighted by molar-refractivity contribution is 6.30. The van der Waals surface area contributed by atoms with E-state index in [1.807, 2.05) is 6.07 Å². The molecule has 1 aliphatic heterocycles. The third-order valence-electron chi connectivity index (χ3n) is 4.84. The highest BCUT2D eigenvalue weighted by Crippen LogP contribution is 2.40. The van der Waals surface area contributed by atoms with Crippen LogP contribution in [-0.2, 0) is 5.41 Å². The van der Waals surface area contributed by atoms with Gasteiger partial charge in [0.1, 0.15) is 7.05 Å². The molecule has 0 unspecified atom stereocenters. The maximum Gasteiger partial charge on any atom is 0.209 e. The summed E-state index contributed by atoms with van der Waals surface area (Å²) in [4.78, 5) is 2.11. The van der Waals surface area contributed by atoms with Gasteiger partial charge in [-0.3, -0.25) is 0 Å². The summed E-state index contributed by atoms with van der Waals surface area (Å²) < 4.78 is 2.26. The molecule has 3 rings (SSSR count). The van der Waals surface area contributed by atoms with Crippen LogP contribution in [-0.4, -0.2) is 31.4 Å². The van der Waals surface area contributed by atoms with Gasteiger partial charge < -0.3 is 17.3 Å². The molecule has 0 fully saturated rings. The van der Waals surface area contributed by atoms with E-state index in [9.17, 15) is 0 Å². The van der Waals surface area contributed by atoms with Gasteiger partial charge in [-0.05, 0) is 49.8 Å². The molecule has 0 amide bonds. The van der Waals surface area contributed by atoms with Gasteiger partial charge >= 0.3 is 0 Å². The Labute approximate surface area is 161 Å². The van der Waals surface area contributed by atoms with Crippen molar-refractivity contribution in [1.29, 1.82) is 0 Å². The van der Waals surface area contributed by atoms with Gasteiger partial charge in [0.05, 0.1) is 5.41 Å². The summed E-state index contributed by atoms with van der Waals surface area (Å²) in [6.07, 6.45) is 4.40. The first kappa shape index (κ1) is 19.6. The molecule has 0 spiro atoms. The summed E-state index contributed by atoms with van der Waals surface area (Å²) in [6, 6.07) is 14.7. The highest BCUT2D eigenvalue weighted by atomic mass is 35.5. The molecule has 0 radical (unpaired) electrons. The molecule has 0 N–H and O–H groups in total. The zero-order valence-corrected chi connectivity index (χ0v) is 16.9. The Morgan fingerprint density at radius 2 is 1.64 bits per heavy atom. The van der Waals surface area contributed by atoms with Gasteiger partial charge in [-0.2, -0.15) is 4.58 Å². The standard InChI is InChI=1S/C21H24ClN2.ClH/c1-21(2)18-14-16(22)9-12-19(18)24(5)20(21)13-8-15-6-10-17(11-7-15)23(3)4;/h6-14H,1-5H3;1H/q+1;/p-1. The first-order chi connectivity index (χ1) is 11.3. The van der Waals surface area contributed by atoms with Crippen molar-refractivity contribution >= 4 is 34.8 Å². The van der Waals surface area contributed by atoms with E-state index in [2.05, 4.69) is 93.0 Å². The Hall–Kier alpha value is -1.77. The summed E-state index contributed by atoms with van der Waals surface area (Å²) in [5.41, 5.74) is 6.13. The molecule has 0 atom stereocenters. The number of halogens is 2. The van der Waals surface area contributed by atoms with Crippen molar-refractivity contribution in [2.24, 2.45) is 0 Å². The van der Waals surface area contributed by atoms with Crippen LogP contribution in [0, 0.1) is 0 Å². The minimum atomic E-state index is -0.0605. The molecule has 0 aliphatic carbocycles. The van der Waals surface area contributed by atoms with Crippen molar-refractivity contribution < 1.29 is 17.0 Å². The van der Waals surface area contributed by atoms with E-state index in [4.69, 9.17) is 11.6 Å². The molecule has 25 heavy (non-hydrogen) atoms. The SMILES string of the molecule is CN(C)c1ccc(C=CC2=[N+](C)c3ccc(Cl)cc3C2(C)C)cc1.[Cl-]. The van der Waals surface area contributed by atoms with Crippen LogP contribution < -0.4 is 17.3 Å². The second-order valence-corrected chi connectivity index (χ2v) is 7.49. The number of benzene rings is 2. The van der Waals surface area contributed by atoms with E-state index < -0.39 is 0 Å². The summed E-state index contributed by atoms with van der Waals surface area (Å²) in [5, 5.41) is 0.791. The Bertz CT molecular complexity index is 831. The molecule has 0 bridgehead atoms. The van der Waals surface area contributed by atoms with Crippen LogP contribution in [0.3, 0.4) is 0 Å². The average molecular weight is 375 g/mol. The second kappa shape index (κ2) is 7.23. The molecule has 4 heteroatoms. The summed E-state index contributed by atoms with van der Waals surface area (Å²) in [7, 11) is 6.23. The minimum absolute atomic E-state index is 0. The van der Waals surface area contributed by atoms with Crippen molar-refractivity contribution in [3.8, 4) is 0 Å². The molecule has 1 aliphatic rings. The third-order valence-corrected chi connectivity index (χ3v) is 5.07.